The highest BCUT2D eigenvalue weighted by molar-refractivity contribution is 5.82. The molecule has 3 N–H and O–H groups in total. The highest BCUT2D eigenvalue weighted by Gasteiger charge is 2.23. The maximum atomic E-state index is 13.1. The van der Waals surface area contributed by atoms with Gasteiger partial charge in [-0.15, -0.1) is 0 Å². The van der Waals surface area contributed by atoms with Gasteiger partial charge in [-0.25, -0.2) is 4.39 Å². The monoisotopic (exact) mass is 251 g/mol. The first-order valence-corrected chi connectivity index (χ1v) is 6.09. The first-order valence-electron chi connectivity index (χ1n) is 6.09. The lowest BCUT2D eigenvalue weighted by Gasteiger charge is -2.21. The molecule has 0 spiro atoms. The van der Waals surface area contributed by atoms with Crippen molar-refractivity contribution >= 4 is 11.6 Å². The van der Waals surface area contributed by atoms with Crippen molar-refractivity contribution in [3.05, 3.63) is 29.6 Å². The molecule has 18 heavy (non-hydrogen) atoms. The molecule has 1 saturated carbocycles. The molecule has 1 aromatic rings. The van der Waals surface area contributed by atoms with Gasteiger partial charge in [0.25, 0.3) is 0 Å². The second-order valence-electron chi connectivity index (χ2n) is 4.68. The molecule has 0 aromatic heterocycles. The molecule has 0 atom stereocenters. The highest BCUT2D eigenvalue weighted by Crippen LogP contribution is 2.21. The standard InChI is InChI=1S/C13H18FN3O/c1-17(8-13(18)16-11-3-4-11)12-5-2-10(14)6-9(12)7-15/h2,5-6,11H,3-4,7-8,15H2,1H3,(H,16,18). The zero-order valence-electron chi connectivity index (χ0n) is 10.4. The number of halogens is 1. The maximum absolute atomic E-state index is 13.1. The van der Waals surface area contributed by atoms with E-state index in [1.807, 2.05) is 0 Å². The Bertz CT molecular complexity index is 446. The molecule has 98 valence electrons. The summed E-state index contributed by atoms with van der Waals surface area (Å²) in [5.41, 5.74) is 7.09. The third-order valence-corrected chi connectivity index (χ3v) is 3.00. The third-order valence-electron chi connectivity index (χ3n) is 3.00. The van der Waals surface area contributed by atoms with Crippen LogP contribution in [0.2, 0.25) is 0 Å². The lowest BCUT2D eigenvalue weighted by Crippen LogP contribution is -2.36. The molecule has 1 aliphatic carbocycles. The molecule has 0 unspecified atom stereocenters. The molecule has 0 bridgehead atoms. The third kappa shape index (κ3) is 3.20. The summed E-state index contributed by atoms with van der Waals surface area (Å²) in [6.07, 6.45) is 2.14. The van der Waals surface area contributed by atoms with E-state index in [2.05, 4.69) is 5.32 Å². The summed E-state index contributed by atoms with van der Waals surface area (Å²) in [4.78, 5) is 13.5. The molecule has 4 nitrogen and oxygen atoms in total. The molecule has 1 amide bonds. The van der Waals surface area contributed by atoms with Gasteiger partial charge in [0.05, 0.1) is 6.54 Å². The van der Waals surface area contributed by atoms with Gasteiger partial charge in [-0.3, -0.25) is 4.79 Å². The second-order valence-corrected chi connectivity index (χ2v) is 4.68. The van der Waals surface area contributed by atoms with Crippen LogP contribution in [0.3, 0.4) is 0 Å². The number of carbonyl (C=O) groups is 1. The fourth-order valence-corrected chi connectivity index (χ4v) is 1.89. The Morgan fingerprint density at radius 2 is 2.28 bits per heavy atom. The smallest absolute Gasteiger partial charge is 0.239 e. The van der Waals surface area contributed by atoms with E-state index < -0.39 is 0 Å². The minimum absolute atomic E-state index is 0.00713. The highest BCUT2D eigenvalue weighted by atomic mass is 19.1. The number of benzene rings is 1. The summed E-state index contributed by atoms with van der Waals surface area (Å²) in [6.45, 7) is 0.511. The van der Waals surface area contributed by atoms with Crippen LogP contribution in [0.4, 0.5) is 10.1 Å². The molecule has 5 heteroatoms. The quantitative estimate of drug-likeness (QED) is 0.820. The number of hydrogen-bond donors (Lipinski definition) is 2. The first-order chi connectivity index (χ1) is 8.60. The summed E-state index contributed by atoms with van der Waals surface area (Å²) in [7, 11) is 1.80. The van der Waals surface area contributed by atoms with E-state index in [0.717, 1.165) is 18.5 Å². The number of nitrogens with zero attached hydrogens (tertiary/aromatic N) is 1. The lowest BCUT2D eigenvalue weighted by atomic mass is 10.1. The van der Waals surface area contributed by atoms with Gasteiger partial charge in [0.1, 0.15) is 5.82 Å². The average molecular weight is 251 g/mol. The zero-order valence-corrected chi connectivity index (χ0v) is 10.4. The minimum atomic E-state index is -0.310. The SMILES string of the molecule is CN(CC(=O)NC1CC1)c1ccc(F)cc1CN. The van der Waals surface area contributed by atoms with Crippen molar-refractivity contribution in [2.24, 2.45) is 5.73 Å². The summed E-state index contributed by atoms with van der Waals surface area (Å²) in [5, 5.41) is 2.92. The molecule has 1 fully saturated rings. The van der Waals surface area contributed by atoms with E-state index in [1.54, 1.807) is 18.0 Å². The van der Waals surface area contributed by atoms with Crippen LogP contribution in [0.15, 0.2) is 18.2 Å². The van der Waals surface area contributed by atoms with Gasteiger partial charge in [-0.2, -0.15) is 0 Å². The Kier molecular flexibility index (Phi) is 3.81. The Labute approximate surface area is 106 Å². The Balaban J connectivity index is 2.02. The van der Waals surface area contributed by atoms with Crippen LogP contribution in [-0.4, -0.2) is 25.5 Å². The Hall–Kier alpha value is -1.62. The number of nitrogens with one attached hydrogen (secondary N) is 1. The number of amides is 1. The molecule has 0 radical (unpaired) electrons. The van der Waals surface area contributed by atoms with Gasteiger partial charge in [0.15, 0.2) is 0 Å². The molecular weight excluding hydrogens is 233 g/mol. The fraction of sp³-hybridized carbons (Fsp3) is 0.462. The Morgan fingerprint density at radius 1 is 1.56 bits per heavy atom. The van der Waals surface area contributed by atoms with E-state index in [0.29, 0.717) is 11.6 Å². The summed E-state index contributed by atoms with van der Waals surface area (Å²) >= 11 is 0. The average Bonchev–Trinajstić information content (AvgIpc) is 3.12. The van der Waals surface area contributed by atoms with Gasteiger partial charge >= 0.3 is 0 Å². The fourth-order valence-electron chi connectivity index (χ4n) is 1.89. The van der Waals surface area contributed by atoms with Gasteiger partial charge in [-0.05, 0) is 36.6 Å². The normalized spacial score (nSPS) is 14.4. The molecule has 0 saturated heterocycles. The van der Waals surface area contributed by atoms with Crippen molar-refractivity contribution in [1.29, 1.82) is 0 Å². The first kappa shape index (κ1) is 12.8. The van der Waals surface area contributed by atoms with Crippen molar-refractivity contribution in [2.45, 2.75) is 25.4 Å². The van der Waals surface area contributed by atoms with Crippen LogP contribution < -0.4 is 16.0 Å². The molecular formula is C13H18FN3O. The van der Waals surface area contributed by atoms with Crippen molar-refractivity contribution in [1.82, 2.24) is 5.32 Å². The van der Waals surface area contributed by atoms with Crippen LogP contribution >= 0.6 is 0 Å². The summed E-state index contributed by atoms with van der Waals surface area (Å²) < 4.78 is 13.1. The van der Waals surface area contributed by atoms with Crippen molar-refractivity contribution in [3.63, 3.8) is 0 Å². The number of carbonyl (C=O) groups excluding carboxylic acids is 1. The second kappa shape index (κ2) is 5.35. The largest absolute Gasteiger partial charge is 0.365 e. The molecule has 0 aliphatic heterocycles. The molecule has 1 aliphatic rings. The predicted octanol–water partition coefficient (Wildman–Crippen LogP) is 0.999. The van der Waals surface area contributed by atoms with Crippen molar-refractivity contribution in [3.8, 4) is 0 Å². The van der Waals surface area contributed by atoms with Crippen LogP contribution in [0.25, 0.3) is 0 Å². The van der Waals surface area contributed by atoms with Gasteiger partial charge < -0.3 is 16.0 Å². The van der Waals surface area contributed by atoms with Crippen LogP contribution in [-0.2, 0) is 11.3 Å². The molecule has 0 heterocycles. The number of hydrogen-bond acceptors (Lipinski definition) is 3. The lowest BCUT2D eigenvalue weighted by molar-refractivity contribution is -0.119. The summed E-state index contributed by atoms with van der Waals surface area (Å²) in [5.74, 6) is -0.317. The predicted molar refractivity (Wildman–Crippen MR) is 68.7 cm³/mol. The topological polar surface area (TPSA) is 58.4 Å². The van der Waals surface area contributed by atoms with E-state index in [4.69, 9.17) is 5.73 Å². The van der Waals surface area contributed by atoms with Crippen LogP contribution in [0.5, 0.6) is 0 Å². The molecule has 2 rings (SSSR count). The summed E-state index contributed by atoms with van der Waals surface area (Å²) in [6, 6.07) is 4.80. The Morgan fingerprint density at radius 3 is 2.89 bits per heavy atom. The zero-order chi connectivity index (χ0) is 13.1. The van der Waals surface area contributed by atoms with Crippen LogP contribution in [0, 0.1) is 5.82 Å². The number of nitrogens with two attached hydrogens (primary N) is 1. The number of rotatable bonds is 5. The van der Waals surface area contributed by atoms with Gasteiger partial charge in [-0.1, -0.05) is 0 Å². The van der Waals surface area contributed by atoms with E-state index in [9.17, 15) is 9.18 Å². The minimum Gasteiger partial charge on any atom is -0.365 e. The van der Waals surface area contributed by atoms with Gasteiger partial charge in [0, 0.05) is 25.3 Å². The van der Waals surface area contributed by atoms with E-state index in [-0.39, 0.29) is 24.8 Å². The molecule has 1 aromatic carbocycles. The van der Waals surface area contributed by atoms with Gasteiger partial charge in [0.2, 0.25) is 5.91 Å². The number of likely N-dealkylation sites (N-methyl/N-ethyl adjacent to an activating group) is 1. The van der Waals surface area contributed by atoms with Crippen molar-refractivity contribution < 1.29 is 9.18 Å². The van der Waals surface area contributed by atoms with Crippen molar-refractivity contribution in [2.75, 3.05) is 18.5 Å². The van der Waals surface area contributed by atoms with E-state index >= 15 is 0 Å². The van der Waals surface area contributed by atoms with E-state index in [1.165, 1.54) is 12.1 Å². The van der Waals surface area contributed by atoms with Crippen LogP contribution in [0.1, 0.15) is 18.4 Å². The maximum Gasteiger partial charge on any atom is 0.239 e. The number of anilines is 1.